The van der Waals surface area contributed by atoms with Gasteiger partial charge in [-0.05, 0) is 13.8 Å². The summed E-state index contributed by atoms with van der Waals surface area (Å²) in [6.45, 7) is 12.4. The largest absolute Gasteiger partial charge is 0.294 e. The molecule has 2 aromatic heterocycles. The van der Waals surface area contributed by atoms with Crippen molar-refractivity contribution in [2.24, 2.45) is 0 Å². The lowest BCUT2D eigenvalue weighted by molar-refractivity contribution is 0.242. The molecule has 0 saturated carbocycles. The van der Waals surface area contributed by atoms with E-state index in [1.165, 1.54) is 16.8 Å². The quantitative estimate of drug-likeness (QED) is 0.871. The Morgan fingerprint density at radius 1 is 1.32 bits per heavy atom. The monoisotopic (exact) mass is 299 g/mol. The Morgan fingerprint density at radius 2 is 2.14 bits per heavy atom. The minimum Gasteiger partial charge on any atom is -0.294 e. The van der Waals surface area contributed by atoms with E-state index in [1.807, 2.05) is 10.9 Å². The van der Waals surface area contributed by atoms with Crippen LogP contribution in [0.1, 0.15) is 55.0 Å². The molecule has 0 N–H and O–H groups in total. The summed E-state index contributed by atoms with van der Waals surface area (Å²) in [7, 11) is 0. The first kappa shape index (κ1) is 15.2. The molecule has 2 aromatic rings. The first-order chi connectivity index (χ1) is 10.6. The second-order valence-electron chi connectivity index (χ2n) is 6.41. The van der Waals surface area contributed by atoms with E-state index in [2.05, 4.69) is 48.9 Å². The summed E-state index contributed by atoms with van der Waals surface area (Å²) in [5, 5.41) is 4.54. The highest BCUT2D eigenvalue weighted by atomic mass is 15.3. The lowest BCUT2D eigenvalue weighted by Crippen LogP contribution is -2.31. The zero-order valence-corrected chi connectivity index (χ0v) is 14.0. The van der Waals surface area contributed by atoms with E-state index in [0.29, 0.717) is 5.92 Å². The molecule has 3 heterocycles. The van der Waals surface area contributed by atoms with Gasteiger partial charge in [0.1, 0.15) is 5.82 Å². The maximum Gasteiger partial charge on any atom is 0.131 e. The minimum atomic E-state index is 0.394. The van der Waals surface area contributed by atoms with Crippen LogP contribution < -0.4 is 0 Å². The summed E-state index contributed by atoms with van der Waals surface area (Å²) in [5.41, 5.74) is 4.97. The summed E-state index contributed by atoms with van der Waals surface area (Å²) in [5.74, 6) is 1.36. The molecule has 0 saturated heterocycles. The van der Waals surface area contributed by atoms with E-state index in [4.69, 9.17) is 4.98 Å². The summed E-state index contributed by atoms with van der Waals surface area (Å²) >= 11 is 0. The fourth-order valence-corrected chi connectivity index (χ4v) is 2.92. The highest BCUT2D eigenvalue weighted by Gasteiger charge is 2.20. The molecule has 0 bridgehead atoms. The molecule has 0 fully saturated rings. The average Bonchev–Trinajstić information content (AvgIpc) is 2.87. The third kappa shape index (κ3) is 3.04. The lowest BCUT2D eigenvalue weighted by atomic mass is 10.1. The molecule has 22 heavy (non-hydrogen) atoms. The first-order valence-corrected chi connectivity index (χ1v) is 8.16. The molecule has 0 atom stereocenters. The predicted octanol–water partition coefficient (Wildman–Crippen LogP) is 2.68. The van der Waals surface area contributed by atoms with Crippen molar-refractivity contribution in [1.29, 1.82) is 0 Å². The fourth-order valence-electron chi connectivity index (χ4n) is 2.92. The smallest absolute Gasteiger partial charge is 0.131 e. The van der Waals surface area contributed by atoms with E-state index in [0.717, 1.165) is 44.1 Å². The van der Waals surface area contributed by atoms with Crippen LogP contribution in [0.5, 0.6) is 0 Å². The Labute approximate surface area is 132 Å². The van der Waals surface area contributed by atoms with Crippen LogP contribution in [0.25, 0.3) is 0 Å². The Bertz CT molecular complexity index is 659. The maximum absolute atomic E-state index is 4.73. The van der Waals surface area contributed by atoms with Gasteiger partial charge in [0.25, 0.3) is 0 Å². The Kier molecular flexibility index (Phi) is 4.25. The second kappa shape index (κ2) is 6.16. The molecule has 0 radical (unpaired) electrons. The molecular weight excluding hydrogens is 274 g/mol. The summed E-state index contributed by atoms with van der Waals surface area (Å²) in [6, 6.07) is 0. The first-order valence-electron chi connectivity index (χ1n) is 8.16. The SMILES string of the molecule is CCn1cc(CN2CCc3nc(C(C)C)ncc3C2)c(C)n1. The predicted molar refractivity (Wildman–Crippen MR) is 86.6 cm³/mol. The topological polar surface area (TPSA) is 46.8 Å². The molecule has 1 aliphatic heterocycles. The van der Waals surface area contributed by atoms with Gasteiger partial charge < -0.3 is 0 Å². The number of aromatic nitrogens is 4. The van der Waals surface area contributed by atoms with Crippen LogP contribution in [0.4, 0.5) is 0 Å². The van der Waals surface area contributed by atoms with E-state index in [1.54, 1.807) is 0 Å². The van der Waals surface area contributed by atoms with Gasteiger partial charge in [-0.25, -0.2) is 9.97 Å². The zero-order chi connectivity index (χ0) is 15.7. The summed E-state index contributed by atoms with van der Waals surface area (Å²) in [4.78, 5) is 11.7. The molecule has 0 unspecified atom stereocenters. The van der Waals surface area contributed by atoms with Gasteiger partial charge in [0.15, 0.2) is 0 Å². The molecule has 3 rings (SSSR count). The number of hydrogen-bond donors (Lipinski definition) is 0. The molecule has 118 valence electrons. The number of nitrogens with zero attached hydrogens (tertiary/aromatic N) is 5. The van der Waals surface area contributed by atoms with Gasteiger partial charge in [0.2, 0.25) is 0 Å². The Morgan fingerprint density at radius 3 is 2.82 bits per heavy atom. The summed E-state index contributed by atoms with van der Waals surface area (Å²) < 4.78 is 2.01. The van der Waals surface area contributed by atoms with Crippen LogP contribution in [0, 0.1) is 6.92 Å². The molecular formula is C17H25N5. The third-order valence-electron chi connectivity index (χ3n) is 4.31. The van der Waals surface area contributed by atoms with E-state index < -0.39 is 0 Å². The van der Waals surface area contributed by atoms with Crippen molar-refractivity contribution in [2.45, 2.75) is 59.7 Å². The second-order valence-corrected chi connectivity index (χ2v) is 6.41. The molecule has 1 aliphatic rings. The van der Waals surface area contributed by atoms with Gasteiger partial charge in [0.05, 0.1) is 5.69 Å². The van der Waals surface area contributed by atoms with Gasteiger partial charge in [-0.15, -0.1) is 0 Å². The summed E-state index contributed by atoms with van der Waals surface area (Å²) in [6.07, 6.45) is 5.20. The van der Waals surface area contributed by atoms with Crippen LogP contribution in [0.2, 0.25) is 0 Å². The zero-order valence-electron chi connectivity index (χ0n) is 14.0. The van der Waals surface area contributed by atoms with Gasteiger partial charge in [-0.3, -0.25) is 9.58 Å². The Balaban J connectivity index is 1.72. The van der Waals surface area contributed by atoms with Crippen LogP contribution in [-0.4, -0.2) is 31.2 Å². The normalized spacial score (nSPS) is 15.3. The minimum absolute atomic E-state index is 0.394. The van der Waals surface area contributed by atoms with Crippen LogP contribution in [-0.2, 0) is 26.1 Å². The van der Waals surface area contributed by atoms with Crippen molar-refractivity contribution >= 4 is 0 Å². The highest BCUT2D eigenvalue weighted by molar-refractivity contribution is 5.22. The fraction of sp³-hybridized carbons (Fsp3) is 0.588. The van der Waals surface area contributed by atoms with Crippen LogP contribution >= 0.6 is 0 Å². The highest BCUT2D eigenvalue weighted by Crippen LogP contribution is 2.21. The molecule has 0 aliphatic carbocycles. The molecule has 5 heteroatoms. The van der Waals surface area contributed by atoms with Crippen molar-refractivity contribution in [1.82, 2.24) is 24.6 Å². The average molecular weight is 299 g/mol. The van der Waals surface area contributed by atoms with E-state index in [9.17, 15) is 0 Å². The van der Waals surface area contributed by atoms with Crippen molar-refractivity contribution in [3.63, 3.8) is 0 Å². The molecule has 0 aromatic carbocycles. The van der Waals surface area contributed by atoms with Crippen molar-refractivity contribution in [3.05, 3.63) is 40.7 Å². The van der Waals surface area contributed by atoms with Crippen LogP contribution in [0.3, 0.4) is 0 Å². The van der Waals surface area contributed by atoms with E-state index >= 15 is 0 Å². The third-order valence-corrected chi connectivity index (χ3v) is 4.31. The number of fused-ring (bicyclic) bond motifs is 1. The van der Waals surface area contributed by atoms with Gasteiger partial charge >= 0.3 is 0 Å². The number of rotatable bonds is 4. The number of aryl methyl sites for hydroxylation is 2. The van der Waals surface area contributed by atoms with Gasteiger partial charge in [0, 0.05) is 67.7 Å². The van der Waals surface area contributed by atoms with Gasteiger partial charge in [-0.2, -0.15) is 5.10 Å². The van der Waals surface area contributed by atoms with E-state index in [-0.39, 0.29) is 0 Å². The molecule has 0 spiro atoms. The van der Waals surface area contributed by atoms with Gasteiger partial charge in [-0.1, -0.05) is 13.8 Å². The molecule has 5 nitrogen and oxygen atoms in total. The lowest BCUT2D eigenvalue weighted by Gasteiger charge is -2.28. The maximum atomic E-state index is 4.73. The van der Waals surface area contributed by atoms with Crippen LogP contribution in [0.15, 0.2) is 12.4 Å². The Hall–Kier alpha value is -1.75. The molecule has 0 amide bonds. The van der Waals surface area contributed by atoms with Crippen molar-refractivity contribution < 1.29 is 0 Å². The standard InChI is InChI=1S/C17H25N5/c1-5-22-11-15(13(4)20-22)10-21-7-6-16-14(9-21)8-18-17(19-16)12(2)3/h8,11-12H,5-7,9-10H2,1-4H3. The van der Waals surface area contributed by atoms with Crippen molar-refractivity contribution in [3.8, 4) is 0 Å². The van der Waals surface area contributed by atoms with Crippen molar-refractivity contribution in [2.75, 3.05) is 6.54 Å². The number of hydrogen-bond acceptors (Lipinski definition) is 4.